The smallest absolute Gasteiger partial charge is 0.00509 e. The molecule has 0 bridgehead atoms. The molecule has 0 spiro atoms. The maximum absolute atomic E-state index is 2.70. The van der Waals surface area contributed by atoms with Gasteiger partial charge in [0.1, 0.15) is 0 Å². The molecule has 0 saturated carbocycles. The van der Waals surface area contributed by atoms with Crippen LogP contribution in [0.3, 0.4) is 0 Å². The molecule has 2 aliphatic rings. The molecule has 2 aromatic rings. The van der Waals surface area contributed by atoms with Gasteiger partial charge in [-0.1, -0.05) is 54.6 Å². The van der Waals surface area contributed by atoms with Gasteiger partial charge in [-0.15, -0.1) is 0 Å². The van der Waals surface area contributed by atoms with Gasteiger partial charge in [-0.3, -0.25) is 0 Å². The van der Waals surface area contributed by atoms with Crippen LogP contribution >= 0.6 is 0 Å². The Labute approximate surface area is 134 Å². The minimum absolute atomic E-state index is 0.747. The summed E-state index contributed by atoms with van der Waals surface area (Å²) in [5, 5.41) is 0. The topological polar surface area (TPSA) is 3.24 Å². The van der Waals surface area contributed by atoms with E-state index in [0.29, 0.717) is 0 Å². The van der Waals surface area contributed by atoms with Crippen molar-refractivity contribution in [2.75, 3.05) is 19.6 Å². The minimum Gasteiger partial charge on any atom is -0.302 e. The van der Waals surface area contributed by atoms with Crippen molar-refractivity contribution in [3.63, 3.8) is 0 Å². The third-order valence-corrected chi connectivity index (χ3v) is 5.51. The van der Waals surface area contributed by atoms with E-state index in [1.807, 2.05) is 0 Å². The molecule has 1 aliphatic carbocycles. The molecule has 0 radical (unpaired) electrons. The second-order valence-corrected chi connectivity index (χ2v) is 7.03. The van der Waals surface area contributed by atoms with Gasteiger partial charge in [0.25, 0.3) is 0 Å². The molecule has 1 heterocycles. The predicted octanol–water partition coefficient (Wildman–Crippen LogP) is 4.28. The molecule has 0 amide bonds. The van der Waals surface area contributed by atoms with Gasteiger partial charge in [0.2, 0.25) is 0 Å². The predicted molar refractivity (Wildman–Crippen MR) is 92.2 cm³/mol. The number of likely N-dealkylation sites (tertiary alicyclic amines) is 1. The molecule has 1 saturated heterocycles. The fourth-order valence-corrected chi connectivity index (χ4v) is 4.29. The van der Waals surface area contributed by atoms with Crippen molar-refractivity contribution in [1.29, 1.82) is 0 Å². The molecule has 1 nitrogen and oxygen atoms in total. The van der Waals surface area contributed by atoms with Crippen LogP contribution in [0.1, 0.15) is 35.4 Å². The number of nitrogens with zero attached hydrogens (tertiary/aromatic N) is 1. The van der Waals surface area contributed by atoms with Gasteiger partial charge in [0, 0.05) is 13.1 Å². The number of fused-ring (bicyclic) bond motifs is 1. The van der Waals surface area contributed by atoms with Crippen LogP contribution in [0.2, 0.25) is 0 Å². The lowest BCUT2D eigenvalue weighted by Gasteiger charge is -2.28. The highest BCUT2D eigenvalue weighted by Crippen LogP contribution is 2.30. The van der Waals surface area contributed by atoms with E-state index in [1.165, 1.54) is 50.9 Å². The van der Waals surface area contributed by atoms with Crippen LogP contribution in [-0.2, 0) is 12.8 Å². The number of hydrogen-bond donors (Lipinski definition) is 0. The lowest BCUT2D eigenvalue weighted by atomic mass is 9.84. The van der Waals surface area contributed by atoms with Crippen LogP contribution in [0.25, 0.3) is 0 Å². The van der Waals surface area contributed by atoms with Crippen LogP contribution in [0.4, 0.5) is 0 Å². The summed E-state index contributed by atoms with van der Waals surface area (Å²) in [7, 11) is 0. The maximum Gasteiger partial charge on any atom is 0.00509 e. The molecular formula is C21H25N. The quantitative estimate of drug-likeness (QED) is 0.816. The Morgan fingerprint density at radius 1 is 0.864 bits per heavy atom. The van der Waals surface area contributed by atoms with Crippen molar-refractivity contribution in [3.05, 3.63) is 71.3 Å². The first-order chi connectivity index (χ1) is 10.9. The molecule has 114 valence electrons. The van der Waals surface area contributed by atoms with E-state index in [4.69, 9.17) is 0 Å². The van der Waals surface area contributed by atoms with E-state index < -0.39 is 0 Å². The highest BCUT2D eigenvalue weighted by molar-refractivity contribution is 5.29. The molecule has 1 fully saturated rings. The summed E-state index contributed by atoms with van der Waals surface area (Å²) in [6, 6.07) is 20.1. The van der Waals surface area contributed by atoms with Crippen LogP contribution in [0.5, 0.6) is 0 Å². The third-order valence-electron chi connectivity index (χ3n) is 5.51. The summed E-state index contributed by atoms with van der Waals surface area (Å²) in [5.74, 6) is 1.60. The highest BCUT2D eigenvalue weighted by atomic mass is 15.1. The largest absolute Gasteiger partial charge is 0.302 e. The molecule has 4 rings (SSSR count). The summed E-state index contributed by atoms with van der Waals surface area (Å²) < 4.78 is 0. The van der Waals surface area contributed by atoms with Crippen LogP contribution < -0.4 is 0 Å². The van der Waals surface area contributed by atoms with Gasteiger partial charge in [0.05, 0.1) is 0 Å². The molecule has 1 aliphatic heterocycles. The normalized spacial score (nSPS) is 25.1. The zero-order valence-electron chi connectivity index (χ0n) is 13.2. The van der Waals surface area contributed by atoms with E-state index in [0.717, 1.165) is 11.8 Å². The van der Waals surface area contributed by atoms with Crippen LogP contribution in [0.15, 0.2) is 54.6 Å². The van der Waals surface area contributed by atoms with E-state index in [1.54, 1.807) is 11.1 Å². The van der Waals surface area contributed by atoms with Gasteiger partial charge in [-0.25, -0.2) is 0 Å². The second-order valence-electron chi connectivity index (χ2n) is 7.03. The summed E-state index contributed by atoms with van der Waals surface area (Å²) in [5.41, 5.74) is 4.71. The van der Waals surface area contributed by atoms with Gasteiger partial charge in [-0.2, -0.15) is 0 Å². The van der Waals surface area contributed by atoms with Gasteiger partial charge in [-0.05, 0) is 60.8 Å². The van der Waals surface area contributed by atoms with Gasteiger partial charge in [0.15, 0.2) is 0 Å². The number of rotatable bonds is 3. The van der Waals surface area contributed by atoms with Crippen molar-refractivity contribution < 1.29 is 0 Å². The SMILES string of the molecule is c1ccc(C2CCN(CC3CCc4ccccc4C3)C2)cc1. The van der Waals surface area contributed by atoms with Crippen molar-refractivity contribution in [2.45, 2.75) is 31.6 Å². The van der Waals surface area contributed by atoms with E-state index in [9.17, 15) is 0 Å². The maximum atomic E-state index is 2.70. The Morgan fingerprint density at radius 2 is 1.64 bits per heavy atom. The standard InChI is InChI=1S/C21H25N/c1-2-6-18(7-3-1)21-12-13-22(16-21)15-17-10-11-19-8-4-5-9-20(19)14-17/h1-9,17,21H,10-16H2. The lowest BCUT2D eigenvalue weighted by molar-refractivity contribution is 0.259. The number of hydrogen-bond acceptors (Lipinski definition) is 1. The van der Waals surface area contributed by atoms with E-state index in [-0.39, 0.29) is 0 Å². The number of benzene rings is 2. The summed E-state index contributed by atoms with van der Waals surface area (Å²) in [6.45, 7) is 3.82. The Balaban J connectivity index is 1.36. The molecule has 2 unspecified atom stereocenters. The van der Waals surface area contributed by atoms with Crippen LogP contribution in [-0.4, -0.2) is 24.5 Å². The van der Waals surface area contributed by atoms with E-state index in [2.05, 4.69) is 59.5 Å². The first-order valence-corrected chi connectivity index (χ1v) is 8.72. The molecule has 22 heavy (non-hydrogen) atoms. The fourth-order valence-electron chi connectivity index (χ4n) is 4.29. The Hall–Kier alpha value is -1.60. The van der Waals surface area contributed by atoms with Crippen molar-refractivity contribution >= 4 is 0 Å². The molecule has 2 atom stereocenters. The fraction of sp³-hybridized carbons (Fsp3) is 0.429. The Kier molecular flexibility index (Phi) is 3.99. The number of aryl methyl sites for hydroxylation is 1. The second kappa shape index (κ2) is 6.26. The van der Waals surface area contributed by atoms with Crippen molar-refractivity contribution in [2.24, 2.45) is 5.92 Å². The van der Waals surface area contributed by atoms with Crippen LogP contribution in [0, 0.1) is 5.92 Å². The van der Waals surface area contributed by atoms with Crippen molar-refractivity contribution in [1.82, 2.24) is 4.90 Å². The van der Waals surface area contributed by atoms with Crippen molar-refractivity contribution in [3.8, 4) is 0 Å². The van der Waals surface area contributed by atoms with Gasteiger partial charge < -0.3 is 4.90 Å². The molecule has 1 heteroatoms. The monoisotopic (exact) mass is 291 g/mol. The van der Waals surface area contributed by atoms with Gasteiger partial charge >= 0.3 is 0 Å². The Morgan fingerprint density at radius 3 is 2.50 bits per heavy atom. The third kappa shape index (κ3) is 2.96. The zero-order valence-corrected chi connectivity index (χ0v) is 13.2. The summed E-state index contributed by atoms with van der Waals surface area (Å²) in [4.78, 5) is 2.70. The average Bonchev–Trinajstić information content (AvgIpc) is 3.04. The zero-order chi connectivity index (χ0) is 14.8. The lowest BCUT2D eigenvalue weighted by Crippen LogP contribution is -2.30. The summed E-state index contributed by atoms with van der Waals surface area (Å²) in [6.07, 6.45) is 5.25. The first kappa shape index (κ1) is 14.0. The average molecular weight is 291 g/mol. The Bertz CT molecular complexity index is 619. The first-order valence-electron chi connectivity index (χ1n) is 8.72. The molecular weight excluding hydrogens is 266 g/mol. The summed E-state index contributed by atoms with van der Waals surface area (Å²) >= 11 is 0. The highest BCUT2D eigenvalue weighted by Gasteiger charge is 2.27. The molecule has 2 aromatic carbocycles. The molecule has 0 aromatic heterocycles. The minimum atomic E-state index is 0.747. The molecule has 0 N–H and O–H groups in total. The van der Waals surface area contributed by atoms with E-state index >= 15 is 0 Å².